The Bertz CT molecular complexity index is 574. The van der Waals surface area contributed by atoms with E-state index in [2.05, 4.69) is 25.6 Å². The van der Waals surface area contributed by atoms with Gasteiger partial charge < -0.3 is 10.4 Å². The number of hydrogen-bond acceptors (Lipinski definition) is 6. The van der Waals surface area contributed by atoms with Crippen molar-refractivity contribution in [3.63, 3.8) is 0 Å². The lowest BCUT2D eigenvalue weighted by atomic mass is 10.4. The first-order chi connectivity index (χ1) is 9.04. The molecular weight excluding hydrogens is 248 g/mol. The van der Waals surface area contributed by atoms with Crippen LogP contribution in [-0.2, 0) is 6.54 Å². The highest BCUT2D eigenvalue weighted by Gasteiger charge is 2.07. The van der Waals surface area contributed by atoms with Gasteiger partial charge in [0, 0.05) is 18.3 Å². The molecule has 19 heavy (non-hydrogen) atoms. The van der Waals surface area contributed by atoms with Gasteiger partial charge in [0.05, 0.1) is 12.7 Å². The average molecular weight is 262 g/mol. The number of rotatable bonds is 5. The second kappa shape index (κ2) is 5.42. The van der Waals surface area contributed by atoms with Gasteiger partial charge in [-0.15, -0.1) is 5.10 Å². The van der Waals surface area contributed by atoms with Gasteiger partial charge in [-0.1, -0.05) is 5.21 Å². The van der Waals surface area contributed by atoms with Crippen molar-refractivity contribution >= 4 is 11.8 Å². The van der Waals surface area contributed by atoms with Crippen molar-refractivity contribution in [2.45, 2.75) is 20.4 Å². The first-order valence-corrected chi connectivity index (χ1v) is 5.74. The number of anilines is 1. The fourth-order valence-corrected chi connectivity index (χ4v) is 1.61. The van der Waals surface area contributed by atoms with Crippen molar-refractivity contribution in [2.24, 2.45) is 0 Å². The van der Waals surface area contributed by atoms with Gasteiger partial charge in [-0.3, -0.25) is 0 Å². The molecule has 8 nitrogen and oxygen atoms in total. The molecule has 0 amide bonds. The summed E-state index contributed by atoms with van der Waals surface area (Å²) in [7, 11) is 0. The van der Waals surface area contributed by atoms with Gasteiger partial charge >= 0.3 is 5.97 Å². The maximum absolute atomic E-state index is 10.6. The van der Waals surface area contributed by atoms with E-state index in [4.69, 9.17) is 5.11 Å². The Hall–Kier alpha value is -2.51. The first-order valence-electron chi connectivity index (χ1n) is 5.74. The zero-order valence-corrected chi connectivity index (χ0v) is 10.7. The van der Waals surface area contributed by atoms with Crippen LogP contribution in [0.3, 0.4) is 0 Å². The number of aromatic carboxylic acids is 1. The lowest BCUT2D eigenvalue weighted by Crippen LogP contribution is -2.12. The maximum atomic E-state index is 10.6. The molecule has 2 rings (SSSR count). The summed E-state index contributed by atoms with van der Waals surface area (Å²) < 4.78 is 1.47. The number of nitrogens with one attached hydrogen (secondary N) is 1. The topological polar surface area (TPSA) is 106 Å². The van der Waals surface area contributed by atoms with Crippen molar-refractivity contribution in [3.05, 3.63) is 29.5 Å². The summed E-state index contributed by atoms with van der Waals surface area (Å²) in [5.41, 5.74) is 0.831. The number of carbonyl (C=O) groups is 1. The van der Waals surface area contributed by atoms with Gasteiger partial charge in [0.1, 0.15) is 11.6 Å². The van der Waals surface area contributed by atoms with Crippen LogP contribution in [0.4, 0.5) is 5.82 Å². The summed E-state index contributed by atoms with van der Waals surface area (Å²) in [4.78, 5) is 19.1. The van der Waals surface area contributed by atoms with Gasteiger partial charge in [0.25, 0.3) is 0 Å². The first kappa shape index (κ1) is 12.9. The fraction of sp³-hybridized carbons (Fsp3) is 0.364. The molecule has 0 fully saturated rings. The molecule has 0 aliphatic heterocycles. The van der Waals surface area contributed by atoms with E-state index in [-0.39, 0.29) is 5.69 Å². The van der Waals surface area contributed by atoms with Crippen molar-refractivity contribution in [1.82, 2.24) is 25.0 Å². The fourth-order valence-electron chi connectivity index (χ4n) is 1.61. The lowest BCUT2D eigenvalue weighted by molar-refractivity contribution is 0.0690. The summed E-state index contributed by atoms with van der Waals surface area (Å²) >= 11 is 0. The van der Waals surface area contributed by atoms with E-state index in [9.17, 15) is 4.79 Å². The van der Waals surface area contributed by atoms with E-state index >= 15 is 0 Å². The molecular formula is C11H14N6O2. The van der Waals surface area contributed by atoms with Crippen LogP contribution in [0.2, 0.25) is 0 Å². The monoisotopic (exact) mass is 262 g/mol. The maximum Gasteiger partial charge on any atom is 0.358 e. The Kier molecular flexibility index (Phi) is 3.69. The zero-order valence-electron chi connectivity index (χ0n) is 10.7. The average Bonchev–Trinajstić information content (AvgIpc) is 2.76. The Morgan fingerprint density at radius 2 is 2.21 bits per heavy atom. The Balaban J connectivity index is 1.90. The molecule has 0 bridgehead atoms. The highest BCUT2D eigenvalue weighted by molar-refractivity contribution is 5.84. The zero-order chi connectivity index (χ0) is 13.8. The smallest absolute Gasteiger partial charge is 0.358 e. The van der Waals surface area contributed by atoms with E-state index in [0.29, 0.717) is 18.9 Å². The van der Waals surface area contributed by atoms with Crippen LogP contribution in [0.1, 0.15) is 22.0 Å². The predicted octanol–water partition coefficient (Wildman–Crippen LogP) is 0.495. The second-order valence-electron chi connectivity index (χ2n) is 4.04. The molecule has 2 aromatic heterocycles. The lowest BCUT2D eigenvalue weighted by Gasteiger charge is -2.06. The van der Waals surface area contributed by atoms with E-state index < -0.39 is 5.97 Å². The summed E-state index contributed by atoms with van der Waals surface area (Å²) in [6, 6.07) is 1.84. The minimum Gasteiger partial charge on any atom is -0.476 e. The van der Waals surface area contributed by atoms with Crippen LogP contribution in [0.25, 0.3) is 0 Å². The third-order valence-corrected chi connectivity index (χ3v) is 2.37. The summed E-state index contributed by atoms with van der Waals surface area (Å²) in [5.74, 6) is 0.362. The van der Waals surface area contributed by atoms with Crippen LogP contribution >= 0.6 is 0 Å². The van der Waals surface area contributed by atoms with Crippen molar-refractivity contribution in [3.8, 4) is 0 Å². The van der Waals surface area contributed by atoms with Crippen LogP contribution in [0.5, 0.6) is 0 Å². The minimum absolute atomic E-state index is 0.0614. The number of hydrogen-bond donors (Lipinski definition) is 2. The molecule has 0 radical (unpaired) electrons. The molecule has 0 saturated carbocycles. The molecule has 100 valence electrons. The Labute approximate surface area is 109 Å². The standard InChI is InChI=1S/C11H14N6O2/c1-7-5-10(14-8(2)13-7)12-3-4-17-6-9(11(18)19)15-16-17/h5-6H,3-4H2,1-2H3,(H,18,19)(H,12,13,14). The molecule has 0 aromatic carbocycles. The molecule has 0 saturated heterocycles. The quantitative estimate of drug-likeness (QED) is 0.807. The van der Waals surface area contributed by atoms with Crippen LogP contribution in [-0.4, -0.2) is 42.6 Å². The van der Waals surface area contributed by atoms with Crippen LogP contribution in [0.15, 0.2) is 12.3 Å². The highest BCUT2D eigenvalue weighted by atomic mass is 16.4. The molecule has 2 heterocycles. The SMILES string of the molecule is Cc1cc(NCCn2cc(C(=O)O)nn2)nc(C)n1. The molecule has 0 atom stereocenters. The molecule has 2 N–H and O–H groups in total. The molecule has 2 aromatic rings. The third-order valence-electron chi connectivity index (χ3n) is 2.37. The van der Waals surface area contributed by atoms with E-state index in [1.807, 2.05) is 19.9 Å². The molecule has 0 spiro atoms. The van der Waals surface area contributed by atoms with E-state index in [1.165, 1.54) is 10.9 Å². The van der Waals surface area contributed by atoms with Gasteiger partial charge in [0.15, 0.2) is 5.69 Å². The molecule has 0 aliphatic carbocycles. The largest absolute Gasteiger partial charge is 0.476 e. The number of carboxylic acid groups (broad SMARTS) is 1. The highest BCUT2D eigenvalue weighted by Crippen LogP contribution is 2.05. The molecule has 0 aliphatic rings. The van der Waals surface area contributed by atoms with Crippen molar-refractivity contribution in [1.29, 1.82) is 0 Å². The predicted molar refractivity (Wildman–Crippen MR) is 67.0 cm³/mol. The van der Waals surface area contributed by atoms with Gasteiger partial charge in [0.2, 0.25) is 0 Å². The number of aryl methyl sites for hydroxylation is 2. The Morgan fingerprint density at radius 1 is 1.42 bits per heavy atom. The second-order valence-corrected chi connectivity index (χ2v) is 4.04. The minimum atomic E-state index is -1.08. The number of aromatic nitrogens is 5. The summed E-state index contributed by atoms with van der Waals surface area (Å²) in [6.07, 6.45) is 1.39. The number of nitrogens with zero attached hydrogens (tertiary/aromatic N) is 5. The normalized spacial score (nSPS) is 10.4. The van der Waals surface area contributed by atoms with Crippen molar-refractivity contribution in [2.75, 3.05) is 11.9 Å². The Morgan fingerprint density at radius 3 is 2.84 bits per heavy atom. The van der Waals surface area contributed by atoms with E-state index in [0.717, 1.165) is 11.5 Å². The van der Waals surface area contributed by atoms with E-state index in [1.54, 1.807) is 0 Å². The summed E-state index contributed by atoms with van der Waals surface area (Å²) in [5, 5.41) is 19.1. The van der Waals surface area contributed by atoms with Gasteiger partial charge in [-0.05, 0) is 13.8 Å². The van der Waals surface area contributed by atoms with Gasteiger partial charge in [-0.2, -0.15) is 0 Å². The molecule has 8 heteroatoms. The number of carboxylic acids is 1. The summed E-state index contributed by atoms with van der Waals surface area (Å²) in [6.45, 7) is 4.80. The van der Waals surface area contributed by atoms with Crippen molar-refractivity contribution < 1.29 is 9.90 Å². The third kappa shape index (κ3) is 3.47. The van der Waals surface area contributed by atoms with Gasteiger partial charge in [-0.25, -0.2) is 19.4 Å². The molecule has 0 unspecified atom stereocenters. The van der Waals surface area contributed by atoms with Crippen LogP contribution in [0, 0.1) is 13.8 Å². The van der Waals surface area contributed by atoms with Crippen LogP contribution < -0.4 is 5.32 Å².